The van der Waals surface area contributed by atoms with Crippen LogP contribution in [0, 0.1) is 6.92 Å². The summed E-state index contributed by atoms with van der Waals surface area (Å²) in [6, 6.07) is 0. The molecule has 0 aliphatic heterocycles. The number of hydrogen-bond donors (Lipinski definition) is 4. The lowest BCUT2D eigenvalue weighted by molar-refractivity contribution is 0.302. The Balaban J connectivity index is 0.000000178. The molecular weight excluding hydrogens is 448 g/mol. The van der Waals surface area contributed by atoms with Gasteiger partial charge in [0, 0.05) is 7.05 Å². The van der Waals surface area contributed by atoms with Crippen molar-refractivity contribution in [2.45, 2.75) is 20.8 Å². The normalized spacial score (nSPS) is 11.4. The van der Waals surface area contributed by atoms with Crippen LogP contribution < -0.4 is 17.2 Å². The number of aryl methyl sites for hydroxylation is 1. The summed E-state index contributed by atoms with van der Waals surface area (Å²) >= 11 is 0. The first-order valence-electron chi connectivity index (χ1n) is 8.57. The summed E-state index contributed by atoms with van der Waals surface area (Å²) in [4.78, 5) is 10.9. The van der Waals surface area contributed by atoms with Gasteiger partial charge in [-0.2, -0.15) is 0 Å². The highest BCUT2D eigenvalue weighted by molar-refractivity contribution is 5.99. The van der Waals surface area contributed by atoms with Crippen LogP contribution >= 0.6 is 0 Å². The summed E-state index contributed by atoms with van der Waals surface area (Å²) in [5.74, 6) is -0.236. The van der Waals surface area contributed by atoms with Gasteiger partial charge in [0.15, 0.2) is 28.7 Å². The molecule has 0 aliphatic rings. The third kappa shape index (κ3) is 5.74. The third-order valence-corrected chi connectivity index (χ3v) is 3.68. The van der Waals surface area contributed by atoms with Crippen molar-refractivity contribution >= 4 is 23.1 Å². The highest BCUT2D eigenvalue weighted by Gasteiger charge is 2.17. The van der Waals surface area contributed by atoms with E-state index in [1.807, 2.05) is 0 Å². The van der Waals surface area contributed by atoms with Gasteiger partial charge in [0.2, 0.25) is 5.82 Å². The van der Waals surface area contributed by atoms with Gasteiger partial charge in [-0.05, 0) is 46.6 Å². The van der Waals surface area contributed by atoms with E-state index >= 15 is 0 Å². The molecule has 4 aromatic rings. The van der Waals surface area contributed by atoms with Gasteiger partial charge in [-0.25, -0.2) is 18.7 Å². The van der Waals surface area contributed by atoms with Crippen molar-refractivity contribution in [1.82, 2.24) is 40.7 Å². The second-order valence-electron chi connectivity index (χ2n) is 5.90. The van der Waals surface area contributed by atoms with Crippen LogP contribution in [0.15, 0.2) is 33.5 Å². The summed E-state index contributed by atoms with van der Waals surface area (Å²) in [6.07, 6.45) is 0. The molecule has 0 bridgehead atoms. The van der Waals surface area contributed by atoms with Crippen LogP contribution in [-0.4, -0.2) is 62.5 Å². The zero-order valence-corrected chi connectivity index (χ0v) is 17.6. The second kappa shape index (κ2) is 10.8. The highest BCUT2D eigenvalue weighted by atomic mass is 16.6. The van der Waals surface area contributed by atoms with Crippen molar-refractivity contribution in [3.05, 3.63) is 27.6 Å². The average molecular weight is 466 g/mol. The van der Waals surface area contributed by atoms with Crippen LogP contribution in [0.3, 0.4) is 0 Å². The van der Waals surface area contributed by atoms with E-state index in [-0.39, 0.29) is 34.6 Å². The zero-order chi connectivity index (χ0) is 24.5. The van der Waals surface area contributed by atoms with Crippen molar-refractivity contribution in [1.29, 1.82) is 0 Å². The molecule has 6 N–H and O–H groups in total. The van der Waals surface area contributed by atoms with Gasteiger partial charge < -0.3 is 21.9 Å². The topological polar surface area (TPSA) is 282 Å². The average Bonchev–Trinajstić information content (AvgIpc) is 3.59. The van der Waals surface area contributed by atoms with Crippen LogP contribution in [-0.2, 0) is 7.05 Å². The lowest BCUT2D eigenvalue weighted by Crippen LogP contribution is -2.10. The summed E-state index contributed by atoms with van der Waals surface area (Å²) in [7, 11) is 1.47. The van der Waals surface area contributed by atoms with E-state index in [4.69, 9.17) is 21.9 Å². The molecule has 0 radical (unpaired) electrons. The van der Waals surface area contributed by atoms with E-state index in [1.54, 1.807) is 13.8 Å². The number of hydrogen-bond acceptors (Lipinski definition) is 18. The van der Waals surface area contributed by atoms with E-state index in [0.717, 1.165) is 4.57 Å². The second-order valence-corrected chi connectivity index (χ2v) is 5.90. The Bertz CT molecular complexity index is 1240. The van der Waals surface area contributed by atoms with E-state index in [2.05, 4.69) is 64.8 Å². The smallest absolute Gasteiger partial charge is 0.411 e. The third-order valence-electron chi connectivity index (χ3n) is 3.68. The van der Waals surface area contributed by atoms with E-state index in [0.29, 0.717) is 17.1 Å². The van der Waals surface area contributed by atoms with Crippen LogP contribution in [0.1, 0.15) is 30.9 Å². The fourth-order valence-corrected chi connectivity index (χ4v) is 1.94. The lowest BCUT2D eigenvalue weighted by atomic mass is 10.2. The number of nitrogens with two attached hydrogens (primary N) is 2. The Labute approximate surface area is 182 Å². The van der Waals surface area contributed by atoms with E-state index < -0.39 is 5.76 Å². The lowest BCUT2D eigenvalue weighted by Gasteiger charge is -1.90. The monoisotopic (exact) mass is 466 g/mol. The maximum atomic E-state index is 10.9. The molecule has 19 nitrogen and oxygen atoms in total. The fraction of sp³-hybridized carbons (Fsp3) is 0.286. The molecule has 0 saturated carbocycles. The largest absolute Gasteiger partial charge is 0.441 e. The molecule has 0 amide bonds. The summed E-state index contributed by atoms with van der Waals surface area (Å²) in [5.41, 5.74) is 12.9. The van der Waals surface area contributed by atoms with Crippen LogP contribution in [0.4, 0.5) is 11.6 Å². The number of oxime groups is 2. The Hall–Kier alpha value is -5.10. The first-order chi connectivity index (χ1) is 15.7. The van der Waals surface area contributed by atoms with Gasteiger partial charge in [-0.15, -0.1) is 0 Å². The Morgan fingerprint density at radius 1 is 0.848 bits per heavy atom. The maximum absolute atomic E-state index is 10.9. The minimum Gasteiger partial charge on any atom is -0.411 e. The number of nitrogen functional groups attached to an aromatic ring is 2. The minimum absolute atomic E-state index is 0.0592. The number of anilines is 2. The fourth-order valence-electron chi connectivity index (χ4n) is 1.94. The van der Waals surface area contributed by atoms with Gasteiger partial charge in [0.1, 0.15) is 17.1 Å². The molecule has 0 aromatic carbocycles. The number of rotatable bonds is 3. The van der Waals surface area contributed by atoms with Gasteiger partial charge in [-0.3, -0.25) is 9.09 Å². The van der Waals surface area contributed by atoms with Crippen molar-refractivity contribution in [3.63, 3.8) is 0 Å². The van der Waals surface area contributed by atoms with Crippen molar-refractivity contribution in [2.24, 2.45) is 17.4 Å². The van der Waals surface area contributed by atoms with Crippen molar-refractivity contribution in [2.75, 3.05) is 11.5 Å². The van der Waals surface area contributed by atoms with E-state index in [9.17, 15) is 4.79 Å². The Morgan fingerprint density at radius 2 is 1.39 bits per heavy atom. The van der Waals surface area contributed by atoms with Gasteiger partial charge in [0.25, 0.3) is 0 Å². The maximum Gasteiger partial charge on any atom is 0.441 e. The molecule has 176 valence electrons. The highest BCUT2D eigenvalue weighted by Crippen LogP contribution is 2.17. The van der Waals surface area contributed by atoms with Crippen LogP contribution in [0.5, 0.6) is 0 Å². The molecule has 0 spiro atoms. The molecular formula is C14H18N12O7. The molecule has 4 aromatic heterocycles. The number of nitrogens with zero attached hydrogens (tertiary/aromatic N) is 10. The van der Waals surface area contributed by atoms with Gasteiger partial charge >= 0.3 is 5.76 Å². The molecule has 0 aliphatic carbocycles. The standard InChI is InChI=1S/C5H5N5O3.C5H7N3O2.C4H6N4O2/c1-10-4(9-12-5(10)11)2-3(6)8-13-7-2;1-3(6-9)5-4(2)7-10-8-5;1-2(6-9)3-4(5)8-10-7-3/h1H3,(H2,6,8);9H,1-2H3;9H,1H3,(H2,5,8). The zero-order valence-electron chi connectivity index (χ0n) is 17.6. The predicted molar refractivity (Wildman–Crippen MR) is 105 cm³/mol. The molecule has 33 heavy (non-hydrogen) atoms. The van der Waals surface area contributed by atoms with Crippen LogP contribution in [0.2, 0.25) is 0 Å². The molecule has 0 saturated heterocycles. The minimum atomic E-state index is -0.600. The first kappa shape index (κ1) is 24.2. The van der Waals surface area contributed by atoms with Gasteiger partial charge in [-0.1, -0.05) is 20.6 Å². The summed E-state index contributed by atoms with van der Waals surface area (Å²) in [6.45, 7) is 4.88. The van der Waals surface area contributed by atoms with Crippen molar-refractivity contribution in [3.8, 4) is 11.5 Å². The molecule has 4 rings (SSSR count). The Morgan fingerprint density at radius 3 is 1.82 bits per heavy atom. The van der Waals surface area contributed by atoms with E-state index in [1.165, 1.54) is 14.0 Å². The van der Waals surface area contributed by atoms with Crippen molar-refractivity contribution < 1.29 is 28.8 Å². The quantitative estimate of drug-likeness (QED) is 0.167. The molecule has 0 fully saturated rings. The van der Waals surface area contributed by atoms with Crippen LogP contribution in [0.25, 0.3) is 11.5 Å². The first-order valence-corrected chi connectivity index (χ1v) is 8.57. The SMILES string of the molecule is CC(=NO)c1nonc1C.CC(=NO)c1nonc1N.Cn1c(-c2nonc2N)noc1=O. The predicted octanol–water partition coefficient (Wildman–Crippen LogP) is -0.568. The molecule has 0 unspecified atom stereocenters. The molecule has 4 heterocycles. The summed E-state index contributed by atoms with van der Waals surface area (Å²) < 4.78 is 18.5. The summed E-state index contributed by atoms with van der Waals surface area (Å²) in [5, 5.41) is 46.3. The Kier molecular flexibility index (Phi) is 7.90. The van der Waals surface area contributed by atoms with Gasteiger partial charge in [0.05, 0.1) is 0 Å². The molecule has 19 heteroatoms. The molecule has 0 atom stereocenters. The number of aromatic nitrogens is 8.